The van der Waals surface area contributed by atoms with Crippen molar-refractivity contribution in [3.05, 3.63) is 82.4 Å². The number of carbonyl (C=O) groups excluding carboxylic acids is 2. The van der Waals surface area contributed by atoms with E-state index in [0.29, 0.717) is 45.9 Å². The van der Waals surface area contributed by atoms with Crippen molar-refractivity contribution in [2.75, 3.05) is 25.4 Å². The third-order valence-electron chi connectivity index (χ3n) is 5.99. The number of carbonyl (C=O) groups is 2. The predicted molar refractivity (Wildman–Crippen MR) is 133 cm³/mol. The van der Waals surface area contributed by atoms with Gasteiger partial charge in [-0.15, -0.1) is 0 Å². The van der Waals surface area contributed by atoms with Gasteiger partial charge in [-0.1, -0.05) is 23.7 Å². The molecule has 2 heterocycles. The molecule has 0 aliphatic carbocycles. The van der Waals surface area contributed by atoms with E-state index in [4.69, 9.17) is 30.5 Å². The van der Waals surface area contributed by atoms with E-state index in [9.17, 15) is 14.7 Å². The number of Topliss-reactive ketones (excluding diaryl/α,β-unsaturated/α-hetero) is 1. The van der Waals surface area contributed by atoms with Crippen molar-refractivity contribution >= 4 is 34.7 Å². The van der Waals surface area contributed by atoms with Gasteiger partial charge in [0.05, 0.1) is 30.4 Å². The van der Waals surface area contributed by atoms with Gasteiger partial charge in [0.2, 0.25) is 6.79 Å². The maximum Gasteiger partial charge on any atom is 0.300 e. The summed E-state index contributed by atoms with van der Waals surface area (Å²) in [6.45, 7) is 2.37. The molecule has 1 saturated heterocycles. The quantitative estimate of drug-likeness (QED) is 0.282. The number of aliphatic hydroxyl groups excluding tert-OH is 1. The average molecular weight is 508 g/mol. The summed E-state index contributed by atoms with van der Waals surface area (Å²) < 4.78 is 21.8. The Morgan fingerprint density at radius 1 is 1.08 bits per heavy atom. The molecule has 3 aromatic carbocycles. The van der Waals surface area contributed by atoms with Gasteiger partial charge in [-0.25, -0.2) is 0 Å². The zero-order valence-corrected chi connectivity index (χ0v) is 20.2. The van der Waals surface area contributed by atoms with Crippen LogP contribution >= 0.6 is 11.6 Å². The molecule has 8 nitrogen and oxygen atoms in total. The lowest BCUT2D eigenvalue weighted by Gasteiger charge is -2.26. The molecule has 1 N–H and O–H groups in total. The van der Waals surface area contributed by atoms with Gasteiger partial charge in [-0.3, -0.25) is 14.5 Å². The van der Waals surface area contributed by atoms with E-state index < -0.39 is 17.7 Å². The predicted octanol–water partition coefficient (Wildman–Crippen LogP) is 5.10. The Kier molecular flexibility index (Phi) is 6.20. The van der Waals surface area contributed by atoms with Crippen molar-refractivity contribution in [3.63, 3.8) is 0 Å². The summed E-state index contributed by atoms with van der Waals surface area (Å²) in [6, 6.07) is 15.7. The number of fused-ring (bicyclic) bond motifs is 1. The summed E-state index contributed by atoms with van der Waals surface area (Å²) >= 11 is 6.15. The van der Waals surface area contributed by atoms with E-state index >= 15 is 0 Å². The Hall–Kier alpha value is -4.17. The van der Waals surface area contributed by atoms with Gasteiger partial charge in [0.15, 0.2) is 11.5 Å². The smallest absolute Gasteiger partial charge is 0.300 e. The highest BCUT2D eigenvalue weighted by atomic mass is 35.5. The van der Waals surface area contributed by atoms with Crippen LogP contribution in [-0.2, 0) is 9.59 Å². The topological polar surface area (TPSA) is 94.5 Å². The van der Waals surface area contributed by atoms with Gasteiger partial charge in [0, 0.05) is 17.3 Å². The second-order valence-corrected chi connectivity index (χ2v) is 8.47. The molecule has 5 rings (SSSR count). The number of hydrogen-bond acceptors (Lipinski definition) is 7. The van der Waals surface area contributed by atoms with E-state index in [1.807, 2.05) is 6.92 Å². The van der Waals surface area contributed by atoms with Gasteiger partial charge < -0.3 is 24.1 Å². The Morgan fingerprint density at radius 3 is 2.67 bits per heavy atom. The zero-order chi connectivity index (χ0) is 25.4. The number of nitrogens with zero attached hydrogens (tertiary/aromatic N) is 1. The molecular weight excluding hydrogens is 486 g/mol. The fraction of sp³-hybridized carbons (Fsp3) is 0.185. The molecule has 0 spiro atoms. The molecule has 0 saturated carbocycles. The molecule has 0 bridgehead atoms. The number of halogens is 1. The monoisotopic (exact) mass is 507 g/mol. The van der Waals surface area contributed by atoms with Gasteiger partial charge >= 0.3 is 0 Å². The van der Waals surface area contributed by atoms with Crippen LogP contribution in [-0.4, -0.2) is 37.3 Å². The molecule has 9 heteroatoms. The number of ether oxygens (including phenoxy) is 4. The van der Waals surface area contributed by atoms with Crippen LogP contribution < -0.4 is 23.8 Å². The van der Waals surface area contributed by atoms with Crippen molar-refractivity contribution in [2.24, 2.45) is 0 Å². The lowest BCUT2D eigenvalue weighted by atomic mass is 9.95. The fourth-order valence-electron chi connectivity index (χ4n) is 4.35. The second kappa shape index (κ2) is 9.47. The summed E-state index contributed by atoms with van der Waals surface area (Å²) in [6.07, 6.45) is 0. The van der Waals surface area contributed by atoms with Gasteiger partial charge in [-0.2, -0.15) is 0 Å². The van der Waals surface area contributed by atoms with Crippen LogP contribution in [0.3, 0.4) is 0 Å². The van der Waals surface area contributed by atoms with Gasteiger partial charge in [0.1, 0.15) is 17.3 Å². The standard InChI is InChI=1S/C27H22ClNO7/c1-3-34-18-6-4-5-15(11-18)24-23(25(30)16-7-9-19(28)21(12-16)33-2)26(31)27(32)29(24)17-8-10-20-22(13-17)36-14-35-20/h4-13,24,30H,3,14H2,1-2H3/b25-23+. The van der Waals surface area contributed by atoms with Crippen LogP contribution in [0.15, 0.2) is 66.2 Å². The van der Waals surface area contributed by atoms with Crippen LogP contribution in [0.5, 0.6) is 23.0 Å². The molecule has 1 fully saturated rings. The molecule has 0 aromatic heterocycles. The minimum absolute atomic E-state index is 0.0653. The van der Waals surface area contributed by atoms with Crippen LogP contribution in [0, 0.1) is 0 Å². The van der Waals surface area contributed by atoms with Crippen molar-refractivity contribution in [3.8, 4) is 23.0 Å². The largest absolute Gasteiger partial charge is 0.507 e. The number of ketones is 1. The third kappa shape index (κ3) is 3.99. The highest BCUT2D eigenvalue weighted by Crippen LogP contribution is 2.45. The zero-order valence-electron chi connectivity index (χ0n) is 19.5. The molecule has 36 heavy (non-hydrogen) atoms. The lowest BCUT2D eigenvalue weighted by Crippen LogP contribution is -2.29. The lowest BCUT2D eigenvalue weighted by molar-refractivity contribution is -0.132. The average Bonchev–Trinajstić information content (AvgIpc) is 3.46. The fourth-order valence-corrected chi connectivity index (χ4v) is 4.55. The van der Waals surface area contributed by atoms with E-state index in [1.165, 1.54) is 18.1 Å². The number of anilines is 1. The molecule has 1 atom stereocenters. The molecule has 2 aliphatic rings. The number of methoxy groups -OCH3 is 1. The van der Waals surface area contributed by atoms with Crippen LogP contribution in [0.4, 0.5) is 5.69 Å². The van der Waals surface area contributed by atoms with Crippen molar-refractivity contribution in [1.29, 1.82) is 0 Å². The maximum atomic E-state index is 13.4. The first-order chi connectivity index (χ1) is 17.4. The molecule has 2 aliphatic heterocycles. The SMILES string of the molecule is CCOc1cccc(C2/C(=C(\O)c3ccc(Cl)c(OC)c3)C(=O)C(=O)N2c2ccc3c(c2)OCO3)c1. The second-order valence-electron chi connectivity index (χ2n) is 8.06. The van der Waals surface area contributed by atoms with E-state index in [1.54, 1.807) is 54.6 Å². The molecule has 3 aromatic rings. The van der Waals surface area contributed by atoms with Crippen molar-refractivity contribution < 1.29 is 33.6 Å². The van der Waals surface area contributed by atoms with Crippen LogP contribution in [0.2, 0.25) is 5.02 Å². The first-order valence-electron chi connectivity index (χ1n) is 11.2. The number of rotatable bonds is 6. The van der Waals surface area contributed by atoms with Crippen molar-refractivity contribution in [2.45, 2.75) is 13.0 Å². The molecule has 1 amide bonds. The summed E-state index contributed by atoms with van der Waals surface area (Å²) in [4.78, 5) is 28.1. The summed E-state index contributed by atoms with van der Waals surface area (Å²) in [5, 5.41) is 11.7. The number of aliphatic hydroxyl groups is 1. The number of amides is 1. The molecule has 184 valence electrons. The number of hydrogen-bond donors (Lipinski definition) is 1. The van der Waals surface area contributed by atoms with Gasteiger partial charge in [-0.05, 0) is 55.0 Å². The summed E-state index contributed by atoms with van der Waals surface area (Å²) in [5.41, 5.74) is 1.21. The summed E-state index contributed by atoms with van der Waals surface area (Å²) in [5.74, 6) is -0.0791. The highest BCUT2D eigenvalue weighted by molar-refractivity contribution is 6.51. The van der Waals surface area contributed by atoms with Gasteiger partial charge in [0.25, 0.3) is 11.7 Å². The normalized spacial score (nSPS) is 18.0. The molecule has 0 radical (unpaired) electrons. The van der Waals surface area contributed by atoms with Crippen LogP contribution in [0.25, 0.3) is 5.76 Å². The Morgan fingerprint density at radius 2 is 1.89 bits per heavy atom. The number of benzene rings is 3. The maximum absolute atomic E-state index is 13.4. The Balaban J connectivity index is 1.71. The third-order valence-corrected chi connectivity index (χ3v) is 6.30. The minimum Gasteiger partial charge on any atom is -0.507 e. The minimum atomic E-state index is -0.938. The first kappa shape index (κ1) is 23.6. The van der Waals surface area contributed by atoms with E-state index in [-0.39, 0.29) is 23.7 Å². The van der Waals surface area contributed by atoms with E-state index in [2.05, 4.69) is 0 Å². The molecular formula is C27H22ClNO7. The molecule has 1 unspecified atom stereocenters. The summed E-state index contributed by atoms with van der Waals surface area (Å²) in [7, 11) is 1.45. The van der Waals surface area contributed by atoms with Crippen LogP contribution in [0.1, 0.15) is 24.1 Å². The Bertz CT molecular complexity index is 1400. The van der Waals surface area contributed by atoms with E-state index in [0.717, 1.165) is 0 Å². The van der Waals surface area contributed by atoms with Crippen molar-refractivity contribution in [1.82, 2.24) is 0 Å². The Labute approximate surface area is 212 Å². The first-order valence-corrected chi connectivity index (χ1v) is 11.6. The highest BCUT2D eigenvalue weighted by Gasteiger charge is 2.47.